The number of hydrogen-bond acceptors (Lipinski definition) is 3. The molecule has 0 aromatic carbocycles. The minimum absolute atomic E-state index is 0.465. The predicted molar refractivity (Wildman–Crippen MR) is 68.5 cm³/mol. The quantitative estimate of drug-likeness (QED) is 0.768. The van der Waals surface area contributed by atoms with Crippen LogP contribution in [0.25, 0.3) is 0 Å². The van der Waals surface area contributed by atoms with Crippen molar-refractivity contribution in [1.82, 2.24) is 9.80 Å². The first-order valence-corrected chi connectivity index (χ1v) is 6.90. The summed E-state index contributed by atoms with van der Waals surface area (Å²) in [4.78, 5) is 5.28. The highest BCUT2D eigenvalue weighted by Crippen LogP contribution is 2.21. The van der Waals surface area contributed by atoms with Gasteiger partial charge in [0.1, 0.15) is 0 Å². The van der Waals surface area contributed by atoms with Crippen molar-refractivity contribution in [2.24, 2.45) is 5.73 Å². The van der Waals surface area contributed by atoms with Crippen LogP contribution in [0.15, 0.2) is 0 Å². The fourth-order valence-electron chi connectivity index (χ4n) is 3.05. The average Bonchev–Trinajstić information content (AvgIpc) is 2.30. The Bertz CT molecular complexity index is 201. The van der Waals surface area contributed by atoms with Gasteiger partial charge in [0.25, 0.3) is 0 Å². The van der Waals surface area contributed by atoms with Crippen molar-refractivity contribution in [3.05, 3.63) is 0 Å². The summed E-state index contributed by atoms with van der Waals surface area (Å²) in [5.41, 5.74) is 5.95. The molecule has 2 rings (SSSR count). The SMILES string of the molecule is CC(C)N1CCC(N2CCC(N)CC2)CC1. The lowest BCUT2D eigenvalue weighted by Crippen LogP contribution is -2.50. The van der Waals surface area contributed by atoms with Crippen molar-refractivity contribution in [2.75, 3.05) is 26.2 Å². The van der Waals surface area contributed by atoms with E-state index in [-0.39, 0.29) is 0 Å². The summed E-state index contributed by atoms with van der Waals surface area (Å²) in [6.45, 7) is 9.64. The molecule has 0 aromatic heterocycles. The van der Waals surface area contributed by atoms with Gasteiger partial charge in [0.2, 0.25) is 0 Å². The summed E-state index contributed by atoms with van der Waals surface area (Å²) in [6, 6.07) is 2.02. The number of likely N-dealkylation sites (tertiary alicyclic amines) is 2. The van der Waals surface area contributed by atoms with Gasteiger partial charge in [-0.15, -0.1) is 0 Å². The van der Waals surface area contributed by atoms with Crippen molar-refractivity contribution >= 4 is 0 Å². The Morgan fingerprint density at radius 3 is 2.00 bits per heavy atom. The van der Waals surface area contributed by atoms with Crippen LogP contribution in [-0.4, -0.2) is 54.1 Å². The van der Waals surface area contributed by atoms with Crippen LogP contribution in [0.1, 0.15) is 39.5 Å². The van der Waals surface area contributed by atoms with Gasteiger partial charge in [0.15, 0.2) is 0 Å². The van der Waals surface area contributed by atoms with Gasteiger partial charge in [-0.1, -0.05) is 0 Å². The predicted octanol–water partition coefficient (Wildman–Crippen LogP) is 1.28. The maximum Gasteiger partial charge on any atom is 0.0120 e. The third kappa shape index (κ3) is 2.96. The number of nitrogens with two attached hydrogens (primary N) is 1. The van der Waals surface area contributed by atoms with Crippen LogP contribution in [-0.2, 0) is 0 Å². The van der Waals surface area contributed by atoms with Gasteiger partial charge in [-0.2, -0.15) is 0 Å². The molecule has 0 atom stereocenters. The summed E-state index contributed by atoms with van der Waals surface area (Å²) in [5, 5.41) is 0. The molecule has 0 amide bonds. The zero-order valence-electron chi connectivity index (χ0n) is 10.9. The Kier molecular flexibility index (Phi) is 4.22. The molecule has 0 saturated carbocycles. The Hall–Kier alpha value is -0.120. The first kappa shape index (κ1) is 12.3. The molecule has 2 N–H and O–H groups in total. The number of rotatable bonds is 2. The van der Waals surface area contributed by atoms with Crippen LogP contribution in [0.4, 0.5) is 0 Å². The van der Waals surface area contributed by atoms with Crippen molar-refractivity contribution in [2.45, 2.75) is 57.7 Å². The molecular formula is C13H27N3. The molecular weight excluding hydrogens is 198 g/mol. The summed E-state index contributed by atoms with van der Waals surface area (Å²) in [5.74, 6) is 0. The average molecular weight is 225 g/mol. The maximum atomic E-state index is 5.95. The van der Waals surface area contributed by atoms with Crippen LogP contribution >= 0.6 is 0 Å². The van der Waals surface area contributed by atoms with E-state index in [2.05, 4.69) is 23.6 Å². The topological polar surface area (TPSA) is 32.5 Å². The van der Waals surface area contributed by atoms with Gasteiger partial charge < -0.3 is 15.5 Å². The first-order valence-electron chi connectivity index (χ1n) is 6.90. The van der Waals surface area contributed by atoms with Gasteiger partial charge >= 0.3 is 0 Å². The normalized spacial score (nSPS) is 27.8. The third-order valence-corrected chi connectivity index (χ3v) is 4.32. The number of hydrogen-bond donors (Lipinski definition) is 1. The molecule has 2 aliphatic heterocycles. The standard InChI is InChI=1S/C13H27N3/c1-11(2)15-9-5-13(6-10-15)16-7-3-12(14)4-8-16/h11-13H,3-10,14H2,1-2H3. The van der Waals surface area contributed by atoms with E-state index < -0.39 is 0 Å². The smallest absolute Gasteiger partial charge is 0.0120 e. The molecule has 0 bridgehead atoms. The molecule has 16 heavy (non-hydrogen) atoms. The maximum absolute atomic E-state index is 5.95. The van der Waals surface area contributed by atoms with Gasteiger partial charge in [-0.05, 0) is 65.7 Å². The molecule has 0 unspecified atom stereocenters. The van der Waals surface area contributed by atoms with E-state index in [0.717, 1.165) is 12.1 Å². The van der Waals surface area contributed by atoms with Crippen molar-refractivity contribution < 1.29 is 0 Å². The molecule has 0 aliphatic carbocycles. The van der Waals surface area contributed by atoms with E-state index in [0.29, 0.717) is 6.04 Å². The van der Waals surface area contributed by atoms with Crippen LogP contribution in [0.2, 0.25) is 0 Å². The van der Waals surface area contributed by atoms with Crippen LogP contribution in [0, 0.1) is 0 Å². The van der Waals surface area contributed by atoms with Crippen molar-refractivity contribution in [3.8, 4) is 0 Å². The van der Waals surface area contributed by atoms with Crippen molar-refractivity contribution in [3.63, 3.8) is 0 Å². The third-order valence-electron chi connectivity index (χ3n) is 4.32. The van der Waals surface area contributed by atoms with E-state index in [9.17, 15) is 0 Å². The fraction of sp³-hybridized carbons (Fsp3) is 1.00. The molecule has 0 spiro atoms. The lowest BCUT2D eigenvalue weighted by Gasteiger charge is -2.42. The Labute approximate surface area is 100.0 Å². The Morgan fingerprint density at radius 2 is 1.50 bits per heavy atom. The highest BCUT2D eigenvalue weighted by Gasteiger charge is 2.27. The molecule has 94 valence electrons. The zero-order chi connectivity index (χ0) is 11.5. The highest BCUT2D eigenvalue weighted by atomic mass is 15.2. The molecule has 2 heterocycles. The molecule has 2 saturated heterocycles. The molecule has 2 aliphatic rings. The minimum atomic E-state index is 0.465. The second-order valence-corrected chi connectivity index (χ2v) is 5.73. The molecule has 0 radical (unpaired) electrons. The van der Waals surface area contributed by atoms with E-state index in [1.54, 1.807) is 0 Å². The first-order chi connectivity index (χ1) is 7.66. The summed E-state index contributed by atoms with van der Waals surface area (Å²) >= 11 is 0. The largest absolute Gasteiger partial charge is 0.328 e. The summed E-state index contributed by atoms with van der Waals surface area (Å²) in [6.07, 6.45) is 5.11. The Morgan fingerprint density at radius 1 is 0.938 bits per heavy atom. The number of nitrogens with zero attached hydrogens (tertiary/aromatic N) is 2. The van der Waals surface area contributed by atoms with Gasteiger partial charge in [0, 0.05) is 18.1 Å². The van der Waals surface area contributed by atoms with E-state index in [4.69, 9.17) is 5.73 Å². The lowest BCUT2D eigenvalue weighted by atomic mass is 9.98. The van der Waals surface area contributed by atoms with Gasteiger partial charge in [0.05, 0.1) is 0 Å². The van der Waals surface area contributed by atoms with E-state index in [1.807, 2.05) is 0 Å². The molecule has 0 aromatic rings. The minimum Gasteiger partial charge on any atom is -0.328 e. The Balaban J connectivity index is 1.76. The number of piperidine rings is 2. The second kappa shape index (κ2) is 5.48. The lowest BCUT2D eigenvalue weighted by molar-refractivity contribution is 0.0758. The fourth-order valence-corrected chi connectivity index (χ4v) is 3.05. The molecule has 2 fully saturated rings. The summed E-state index contributed by atoms with van der Waals surface area (Å²) < 4.78 is 0. The van der Waals surface area contributed by atoms with Crippen LogP contribution < -0.4 is 5.73 Å². The monoisotopic (exact) mass is 225 g/mol. The highest BCUT2D eigenvalue weighted by molar-refractivity contribution is 4.84. The van der Waals surface area contributed by atoms with Gasteiger partial charge in [-0.25, -0.2) is 0 Å². The summed E-state index contributed by atoms with van der Waals surface area (Å²) in [7, 11) is 0. The van der Waals surface area contributed by atoms with Crippen LogP contribution in [0.3, 0.4) is 0 Å². The van der Waals surface area contributed by atoms with E-state index in [1.165, 1.54) is 51.9 Å². The molecule has 3 nitrogen and oxygen atoms in total. The van der Waals surface area contributed by atoms with Crippen molar-refractivity contribution in [1.29, 1.82) is 0 Å². The molecule has 3 heteroatoms. The van der Waals surface area contributed by atoms with Gasteiger partial charge in [-0.3, -0.25) is 0 Å². The van der Waals surface area contributed by atoms with E-state index >= 15 is 0 Å². The van der Waals surface area contributed by atoms with Crippen LogP contribution in [0.5, 0.6) is 0 Å². The second-order valence-electron chi connectivity index (χ2n) is 5.73. The zero-order valence-corrected chi connectivity index (χ0v) is 10.9.